The van der Waals surface area contributed by atoms with Crippen molar-refractivity contribution in [1.29, 1.82) is 0 Å². The molecule has 0 saturated carbocycles. The minimum absolute atomic E-state index is 0.316. The van der Waals surface area contributed by atoms with E-state index in [2.05, 4.69) is 15.2 Å². The molecule has 0 aliphatic carbocycles. The van der Waals surface area contributed by atoms with E-state index in [1.807, 2.05) is 5.41 Å². The number of hydrogen-bond donors (Lipinski definition) is 2. The van der Waals surface area contributed by atoms with Crippen molar-refractivity contribution >= 4 is 23.3 Å². The number of hydrogen-bond acceptors (Lipinski definition) is 5. The summed E-state index contributed by atoms with van der Waals surface area (Å²) in [5.41, 5.74) is 7.44. The first kappa shape index (κ1) is 11.2. The second kappa shape index (κ2) is 4.43. The molecular formula is C11H10FN5S. The van der Waals surface area contributed by atoms with E-state index < -0.39 is 5.95 Å². The number of aromatic nitrogens is 3. The Morgan fingerprint density at radius 1 is 1.44 bits per heavy atom. The van der Waals surface area contributed by atoms with E-state index in [0.717, 1.165) is 11.3 Å². The van der Waals surface area contributed by atoms with E-state index in [-0.39, 0.29) is 5.50 Å². The SMILES string of the molecule is NC1SC=C(c2cn[nH]c2)N1c1cccc(F)n1. The molecule has 2 aromatic heterocycles. The van der Waals surface area contributed by atoms with Crippen molar-refractivity contribution in [2.24, 2.45) is 5.73 Å². The number of halogens is 1. The van der Waals surface area contributed by atoms with Crippen LogP contribution in [-0.4, -0.2) is 20.7 Å². The van der Waals surface area contributed by atoms with Crippen LogP contribution in [0.4, 0.5) is 10.2 Å². The molecule has 0 fully saturated rings. The molecule has 0 bridgehead atoms. The molecule has 3 N–H and O–H groups in total. The third-order valence-corrected chi connectivity index (χ3v) is 3.42. The van der Waals surface area contributed by atoms with Crippen molar-refractivity contribution in [2.45, 2.75) is 5.50 Å². The Balaban J connectivity index is 2.01. The van der Waals surface area contributed by atoms with Gasteiger partial charge in [-0.25, -0.2) is 4.98 Å². The summed E-state index contributed by atoms with van der Waals surface area (Å²) >= 11 is 1.45. The van der Waals surface area contributed by atoms with Gasteiger partial charge in [0.05, 0.1) is 11.9 Å². The van der Waals surface area contributed by atoms with E-state index in [4.69, 9.17) is 5.73 Å². The zero-order valence-electron chi connectivity index (χ0n) is 9.25. The summed E-state index contributed by atoms with van der Waals surface area (Å²) in [7, 11) is 0. The van der Waals surface area contributed by atoms with Crippen molar-refractivity contribution < 1.29 is 4.39 Å². The molecule has 1 aliphatic heterocycles. The van der Waals surface area contributed by atoms with Crippen molar-refractivity contribution in [3.63, 3.8) is 0 Å². The van der Waals surface area contributed by atoms with Crippen molar-refractivity contribution in [1.82, 2.24) is 15.2 Å². The first-order valence-electron chi connectivity index (χ1n) is 5.28. The molecule has 92 valence electrons. The van der Waals surface area contributed by atoms with Gasteiger partial charge in [0.1, 0.15) is 11.3 Å². The van der Waals surface area contributed by atoms with E-state index >= 15 is 0 Å². The molecule has 0 radical (unpaired) electrons. The lowest BCUT2D eigenvalue weighted by atomic mass is 10.2. The van der Waals surface area contributed by atoms with Gasteiger partial charge in [-0.15, -0.1) is 0 Å². The fourth-order valence-electron chi connectivity index (χ4n) is 1.77. The van der Waals surface area contributed by atoms with Gasteiger partial charge in [0.25, 0.3) is 0 Å². The van der Waals surface area contributed by atoms with Crippen LogP contribution in [0, 0.1) is 5.95 Å². The second-order valence-electron chi connectivity index (χ2n) is 3.71. The summed E-state index contributed by atoms with van der Waals surface area (Å²) in [6.07, 6.45) is 3.45. The van der Waals surface area contributed by atoms with Crippen LogP contribution in [0.25, 0.3) is 5.70 Å². The molecule has 3 rings (SSSR count). The maximum atomic E-state index is 13.2. The molecule has 0 amide bonds. The number of pyridine rings is 1. The number of anilines is 1. The Hall–Kier alpha value is -1.86. The monoisotopic (exact) mass is 263 g/mol. The number of thioether (sulfide) groups is 1. The summed E-state index contributed by atoms with van der Waals surface area (Å²) in [5.74, 6) is -0.0388. The van der Waals surface area contributed by atoms with E-state index in [1.54, 1.807) is 29.4 Å². The van der Waals surface area contributed by atoms with E-state index in [0.29, 0.717) is 5.82 Å². The van der Waals surface area contributed by atoms with Crippen LogP contribution >= 0.6 is 11.8 Å². The number of aromatic amines is 1. The average molecular weight is 263 g/mol. The van der Waals surface area contributed by atoms with Gasteiger partial charge >= 0.3 is 0 Å². The first-order chi connectivity index (χ1) is 8.75. The summed E-state index contributed by atoms with van der Waals surface area (Å²) in [6.45, 7) is 0. The Morgan fingerprint density at radius 3 is 3.06 bits per heavy atom. The largest absolute Gasteiger partial charge is 0.302 e. The minimum atomic E-state index is -0.525. The number of nitrogens with zero attached hydrogens (tertiary/aromatic N) is 3. The van der Waals surface area contributed by atoms with Crippen LogP contribution in [0.5, 0.6) is 0 Å². The smallest absolute Gasteiger partial charge is 0.214 e. The summed E-state index contributed by atoms with van der Waals surface area (Å²) in [5, 5.41) is 8.56. The highest BCUT2D eigenvalue weighted by Crippen LogP contribution is 2.36. The lowest BCUT2D eigenvalue weighted by Crippen LogP contribution is -2.35. The van der Waals surface area contributed by atoms with Crippen molar-refractivity contribution in [3.05, 3.63) is 47.5 Å². The zero-order valence-corrected chi connectivity index (χ0v) is 10.1. The van der Waals surface area contributed by atoms with Crippen molar-refractivity contribution in [3.8, 4) is 0 Å². The molecule has 0 saturated heterocycles. The van der Waals surface area contributed by atoms with Gasteiger partial charge in [-0.2, -0.15) is 9.49 Å². The molecule has 7 heteroatoms. The minimum Gasteiger partial charge on any atom is -0.302 e. The molecule has 0 spiro atoms. The number of H-pyrrole nitrogens is 1. The molecule has 0 aromatic carbocycles. The fourth-order valence-corrected chi connectivity index (χ4v) is 2.63. The van der Waals surface area contributed by atoms with Gasteiger partial charge in [-0.3, -0.25) is 10.00 Å². The van der Waals surface area contributed by atoms with Gasteiger partial charge in [0, 0.05) is 11.8 Å². The van der Waals surface area contributed by atoms with E-state index in [9.17, 15) is 4.39 Å². The summed E-state index contributed by atoms with van der Waals surface area (Å²) < 4.78 is 13.2. The third-order valence-electron chi connectivity index (χ3n) is 2.57. The lowest BCUT2D eigenvalue weighted by Gasteiger charge is -2.24. The number of nitrogens with two attached hydrogens (primary N) is 1. The molecule has 2 aromatic rings. The average Bonchev–Trinajstić information content (AvgIpc) is 2.97. The Kier molecular flexibility index (Phi) is 2.77. The maximum Gasteiger partial charge on any atom is 0.214 e. The zero-order chi connectivity index (χ0) is 12.5. The second-order valence-corrected chi connectivity index (χ2v) is 4.70. The van der Waals surface area contributed by atoms with Gasteiger partial charge in [0.15, 0.2) is 0 Å². The Morgan fingerprint density at radius 2 is 2.33 bits per heavy atom. The highest BCUT2D eigenvalue weighted by atomic mass is 32.2. The first-order valence-corrected chi connectivity index (χ1v) is 6.22. The van der Waals surface area contributed by atoms with Gasteiger partial charge in [-0.05, 0) is 17.5 Å². The molecule has 18 heavy (non-hydrogen) atoms. The van der Waals surface area contributed by atoms with Crippen LogP contribution in [0.15, 0.2) is 36.0 Å². The Bertz CT molecular complexity index is 583. The van der Waals surface area contributed by atoms with Gasteiger partial charge < -0.3 is 5.73 Å². The Labute approximate surface area is 107 Å². The van der Waals surface area contributed by atoms with Crippen LogP contribution in [0.2, 0.25) is 0 Å². The predicted molar refractivity (Wildman–Crippen MR) is 68.8 cm³/mol. The van der Waals surface area contributed by atoms with Crippen molar-refractivity contribution in [2.75, 3.05) is 4.90 Å². The summed E-state index contributed by atoms with van der Waals surface area (Å²) in [6, 6.07) is 4.64. The normalized spacial score (nSPS) is 19.1. The molecule has 5 nitrogen and oxygen atoms in total. The molecule has 1 atom stereocenters. The highest BCUT2D eigenvalue weighted by molar-refractivity contribution is 8.03. The van der Waals surface area contributed by atoms with Crippen LogP contribution in [0.1, 0.15) is 5.56 Å². The number of nitrogens with one attached hydrogen (secondary N) is 1. The quantitative estimate of drug-likeness (QED) is 0.808. The third kappa shape index (κ3) is 1.87. The molecule has 3 heterocycles. The van der Waals surface area contributed by atoms with Gasteiger partial charge in [0.2, 0.25) is 5.95 Å². The standard InChI is InChI=1S/C11H10FN5S/c12-9-2-1-3-10(16-9)17-8(6-18-11(17)13)7-4-14-15-5-7/h1-6,11H,13H2,(H,14,15). The molecule has 1 aliphatic rings. The number of rotatable bonds is 2. The van der Waals surface area contributed by atoms with Crippen LogP contribution in [-0.2, 0) is 0 Å². The molecule has 1 unspecified atom stereocenters. The fraction of sp³-hybridized carbons (Fsp3) is 0.0909. The summed E-state index contributed by atoms with van der Waals surface area (Å²) in [4.78, 5) is 5.64. The predicted octanol–water partition coefficient (Wildman–Crippen LogP) is 1.74. The topological polar surface area (TPSA) is 70.8 Å². The molecular weight excluding hydrogens is 253 g/mol. The van der Waals surface area contributed by atoms with Crippen LogP contribution in [0.3, 0.4) is 0 Å². The lowest BCUT2D eigenvalue weighted by molar-refractivity contribution is 0.583. The van der Waals surface area contributed by atoms with E-state index in [1.165, 1.54) is 17.8 Å². The highest BCUT2D eigenvalue weighted by Gasteiger charge is 2.27. The maximum absolute atomic E-state index is 13.2. The van der Waals surface area contributed by atoms with Crippen LogP contribution < -0.4 is 10.6 Å². The van der Waals surface area contributed by atoms with Gasteiger partial charge in [-0.1, -0.05) is 17.8 Å².